The SMILES string of the molecule is CCCn1cc(CN2CCC(C3CCCN3)CC2)cn1.Cl. The van der Waals surface area contributed by atoms with Crippen molar-refractivity contribution in [2.75, 3.05) is 19.6 Å². The maximum Gasteiger partial charge on any atom is 0.0534 e. The molecule has 0 radical (unpaired) electrons. The summed E-state index contributed by atoms with van der Waals surface area (Å²) in [4.78, 5) is 2.60. The van der Waals surface area contributed by atoms with E-state index in [-0.39, 0.29) is 12.4 Å². The second-order valence-electron chi connectivity index (χ2n) is 6.43. The van der Waals surface area contributed by atoms with Gasteiger partial charge in [0, 0.05) is 30.9 Å². The van der Waals surface area contributed by atoms with Crippen molar-refractivity contribution in [1.82, 2.24) is 20.0 Å². The molecular formula is C16H29ClN4. The molecule has 2 aliphatic heterocycles. The van der Waals surface area contributed by atoms with Gasteiger partial charge in [-0.1, -0.05) is 6.92 Å². The van der Waals surface area contributed by atoms with Crippen LogP contribution < -0.4 is 5.32 Å². The van der Waals surface area contributed by atoms with Crippen molar-refractivity contribution in [2.24, 2.45) is 5.92 Å². The standard InChI is InChI=1S/C16H28N4.ClH/c1-2-8-20-13-14(11-18-20)12-19-9-5-15(6-10-19)16-4-3-7-17-16;/h11,13,15-17H,2-10,12H2,1H3;1H. The summed E-state index contributed by atoms with van der Waals surface area (Å²) in [6.45, 7) is 8.05. The Hall–Kier alpha value is -0.580. The number of nitrogens with zero attached hydrogens (tertiary/aromatic N) is 3. The highest BCUT2D eigenvalue weighted by molar-refractivity contribution is 5.85. The summed E-state index contributed by atoms with van der Waals surface area (Å²) in [7, 11) is 0. The van der Waals surface area contributed by atoms with Crippen LogP contribution in [0.5, 0.6) is 0 Å². The van der Waals surface area contributed by atoms with Gasteiger partial charge < -0.3 is 5.32 Å². The quantitative estimate of drug-likeness (QED) is 0.907. The number of rotatable bonds is 5. The van der Waals surface area contributed by atoms with E-state index in [1.807, 2.05) is 6.20 Å². The molecule has 0 spiro atoms. The Morgan fingerprint density at radius 2 is 2.10 bits per heavy atom. The Morgan fingerprint density at radius 1 is 1.29 bits per heavy atom. The number of aromatic nitrogens is 2. The monoisotopic (exact) mass is 312 g/mol. The maximum atomic E-state index is 4.43. The molecule has 4 nitrogen and oxygen atoms in total. The van der Waals surface area contributed by atoms with Crippen LogP contribution in [0.1, 0.15) is 44.6 Å². The van der Waals surface area contributed by atoms with Gasteiger partial charge in [0.05, 0.1) is 6.20 Å². The molecule has 3 rings (SSSR count). The van der Waals surface area contributed by atoms with Crippen LogP contribution in [0.15, 0.2) is 12.4 Å². The van der Waals surface area contributed by atoms with Crippen LogP contribution in [0.4, 0.5) is 0 Å². The summed E-state index contributed by atoms with van der Waals surface area (Å²) in [6, 6.07) is 0.810. The van der Waals surface area contributed by atoms with E-state index in [1.54, 1.807) is 0 Å². The Kier molecular flexibility index (Phi) is 6.52. The van der Waals surface area contributed by atoms with Crippen LogP contribution >= 0.6 is 12.4 Å². The van der Waals surface area contributed by atoms with E-state index in [9.17, 15) is 0 Å². The molecule has 0 aliphatic carbocycles. The molecule has 21 heavy (non-hydrogen) atoms. The fraction of sp³-hybridized carbons (Fsp3) is 0.812. The first-order valence-electron chi connectivity index (χ1n) is 8.32. The van der Waals surface area contributed by atoms with Gasteiger partial charge in [0.25, 0.3) is 0 Å². The zero-order valence-corrected chi connectivity index (χ0v) is 13.9. The topological polar surface area (TPSA) is 33.1 Å². The Labute approximate surface area is 134 Å². The first kappa shape index (κ1) is 16.8. The van der Waals surface area contributed by atoms with Crippen LogP contribution in [-0.2, 0) is 13.1 Å². The minimum atomic E-state index is 0. The summed E-state index contributed by atoms with van der Waals surface area (Å²) in [6.07, 6.45) is 10.9. The lowest BCUT2D eigenvalue weighted by molar-refractivity contribution is 0.157. The van der Waals surface area contributed by atoms with E-state index in [1.165, 1.54) is 50.9 Å². The molecule has 2 saturated heterocycles. The molecule has 0 amide bonds. The highest BCUT2D eigenvalue weighted by Crippen LogP contribution is 2.26. The molecule has 1 aromatic rings. The zero-order valence-electron chi connectivity index (χ0n) is 13.1. The largest absolute Gasteiger partial charge is 0.314 e. The minimum absolute atomic E-state index is 0. The third-order valence-electron chi connectivity index (χ3n) is 4.85. The number of aryl methyl sites for hydroxylation is 1. The number of nitrogens with one attached hydrogen (secondary N) is 1. The van der Waals surface area contributed by atoms with Gasteiger partial charge >= 0.3 is 0 Å². The lowest BCUT2D eigenvalue weighted by Gasteiger charge is -2.34. The number of hydrogen-bond acceptors (Lipinski definition) is 3. The summed E-state index contributed by atoms with van der Waals surface area (Å²) in [5.41, 5.74) is 1.37. The molecule has 0 aromatic carbocycles. The number of hydrogen-bond donors (Lipinski definition) is 1. The van der Waals surface area contributed by atoms with Gasteiger partial charge in [-0.15, -0.1) is 12.4 Å². The Balaban J connectivity index is 0.00000161. The molecule has 1 atom stereocenters. The van der Waals surface area contributed by atoms with E-state index in [0.717, 1.165) is 31.5 Å². The lowest BCUT2D eigenvalue weighted by atomic mass is 9.88. The lowest BCUT2D eigenvalue weighted by Crippen LogP contribution is -2.40. The smallest absolute Gasteiger partial charge is 0.0534 e. The van der Waals surface area contributed by atoms with Crippen LogP contribution in [0, 0.1) is 5.92 Å². The second-order valence-corrected chi connectivity index (χ2v) is 6.43. The van der Waals surface area contributed by atoms with E-state index in [0.29, 0.717) is 0 Å². The van der Waals surface area contributed by atoms with E-state index in [2.05, 4.69) is 33.1 Å². The second kappa shape index (κ2) is 8.16. The normalized spacial score (nSPS) is 24.1. The molecule has 1 aromatic heterocycles. The van der Waals surface area contributed by atoms with Crippen LogP contribution in [0.25, 0.3) is 0 Å². The van der Waals surface area contributed by atoms with E-state index < -0.39 is 0 Å². The van der Waals surface area contributed by atoms with Gasteiger partial charge in [0.2, 0.25) is 0 Å². The molecule has 0 bridgehead atoms. The van der Waals surface area contributed by atoms with Crippen LogP contribution in [0.2, 0.25) is 0 Å². The molecule has 5 heteroatoms. The summed E-state index contributed by atoms with van der Waals surface area (Å²) >= 11 is 0. The molecule has 0 saturated carbocycles. The van der Waals surface area contributed by atoms with Crippen LogP contribution in [0.3, 0.4) is 0 Å². The number of halogens is 1. The average Bonchev–Trinajstić information content (AvgIpc) is 3.12. The Morgan fingerprint density at radius 3 is 2.76 bits per heavy atom. The molecule has 1 unspecified atom stereocenters. The van der Waals surface area contributed by atoms with Gasteiger partial charge in [0.1, 0.15) is 0 Å². The summed E-state index contributed by atoms with van der Waals surface area (Å²) < 4.78 is 2.07. The highest BCUT2D eigenvalue weighted by Gasteiger charge is 2.28. The highest BCUT2D eigenvalue weighted by atomic mass is 35.5. The van der Waals surface area contributed by atoms with Crippen molar-refractivity contribution in [3.05, 3.63) is 18.0 Å². The van der Waals surface area contributed by atoms with Gasteiger partial charge in [-0.2, -0.15) is 5.10 Å². The molecule has 2 fully saturated rings. The summed E-state index contributed by atoms with van der Waals surface area (Å²) in [5.74, 6) is 0.913. The van der Waals surface area contributed by atoms with Gasteiger partial charge in [-0.25, -0.2) is 0 Å². The number of piperidine rings is 1. The molecule has 3 heterocycles. The van der Waals surface area contributed by atoms with Crippen molar-refractivity contribution >= 4 is 12.4 Å². The van der Waals surface area contributed by atoms with E-state index in [4.69, 9.17) is 0 Å². The first-order valence-corrected chi connectivity index (χ1v) is 8.32. The first-order chi connectivity index (χ1) is 9.85. The zero-order chi connectivity index (χ0) is 13.8. The summed E-state index contributed by atoms with van der Waals surface area (Å²) in [5, 5.41) is 8.11. The molecule has 2 aliphatic rings. The minimum Gasteiger partial charge on any atom is -0.314 e. The van der Waals surface area contributed by atoms with Crippen molar-refractivity contribution in [3.8, 4) is 0 Å². The van der Waals surface area contributed by atoms with Crippen molar-refractivity contribution in [3.63, 3.8) is 0 Å². The predicted molar refractivity (Wildman–Crippen MR) is 88.8 cm³/mol. The van der Waals surface area contributed by atoms with Crippen molar-refractivity contribution < 1.29 is 0 Å². The third-order valence-corrected chi connectivity index (χ3v) is 4.85. The third kappa shape index (κ3) is 4.44. The molecule has 1 N–H and O–H groups in total. The average molecular weight is 313 g/mol. The predicted octanol–water partition coefficient (Wildman–Crippen LogP) is 2.68. The van der Waals surface area contributed by atoms with Gasteiger partial charge in [-0.3, -0.25) is 9.58 Å². The molecular weight excluding hydrogens is 284 g/mol. The maximum absolute atomic E-state index is 4.43. The van der Waals surface area contributed by atoms with Gasteiger partial charge in [-0.05, 0) is 57.7 Å². The van der Waals surface area contributed by atoms with Gasteiger partial charge in [0.15, 0.2) is 0 Å². The fourth-order valence-corrected chi connectivity index (χ4v) is 3.72. The molecule has 120 valence electrons. The Bertz CT molecular complexity index is 406. The van der Waals surface area contributed by atoms with Crippen molar-refractivity contribution in [1.29, 1.82) is 0 Å². The van der Waals surface area contributed by atoms with Crippen LogP contribution in [-0.4, -0.2) is 40.4 Å². The fourth-order valence-electron chi connectivity index (χ4n) is 3.72. The van der Waals surface area contributed by atoms with E-state index >= 15 is 0 Å². The van der Waals surface area contributed by atoms with Crippen molar-refractivity contribution in [2.45, 2.75) is 58.2 Å². The number of likely N-dealkylation sites (tertiary alicyclic amines) is 1.